The average Bonchev–Trinajstić information content (AvgIpc) is 2.45. The monoisotopic (exact) mass is 237 g/mol. The molecule has 0 fully saturated rings. The van der Waals surface area contributed by atoms with Gasteiger partial charge in [-0.05, 0) is 11.1 Å². The van der Waals surface area contributed by atoms with Crippen molar-refractivity contribution in [2.75, 3.05) is 0 Å². The molecule has 0 radical (unpaired) electrons. The Morgan fingerprint density at radius 3 is 2.06 bits per heavy atom. The van der Waals surface area contributed by atoms with Gasteiger partial charge in [0.25, 0.3) is 0 Å². The van der Waals surface area contributed by atoms with Gasteiger partial charge in [0.1, 0.15) is 0 Å². The summed E-state index contributed by atoms with van der Waals surface area (Å²) in [6.07, 6.45) is 2.82. The van der Waals surface area contributed by atoms with Gasteiger partial charge in [0.15, 0.2) is 6.17 Å². The lowest BCUT2D eigenvalue weighted by molar-refractivity contribution is 0.786. The van der Waals surface area contributed by atoms with Crippen molar-refractivity contribution < 1.29 is 0 Å². The molecule has 0 heterocycles. The van der Waals surface area contributed by atoms with Crippen LogP contribution in [0.3, 0.4) is 0 Å². The second kappa shape index (κ2) is 6.35. The molecular formula is C15H15N3. The summed E-state index contributed by atoms with van der Waals surface area (Å²) >= 11 is 0. The Balaban J connectivity index is 2.20. The van der Waals surface area contributed by atoms with Crippen molar-refractivity contribution in [2.24, 2.45) is 15.7 Å². The summed E-state index contributed by atoms with van der Waals surface area (Å²) in [5.74, 6) is 0. The quantitative estimate of drug-likeness (QED) is 0.645. The lowest BCUT2D eigenvalue weighted by atomic mass is 10.2. The maximum Gasteiger partial charge on any atom is 0.166 e. The summed E-state index contributed by atoms with van der Waals surface area (Å²) < 4.78 is 0. The summed E-state index contributed by atoms with van der Waals surface area (Å²) in [6, 6.07) is 19.8. The number of hydrogen-bond acceptors (Lipinski definition) is 2. The zero-order valence-electron chi connectivity index (χ0n) is 9.98. The highest BCUT2D eigenvalue weighted by Gasteiger charge is 2.04. The minimum atomic E-state index is -0.281. The lowest BCUT2D eigenvalue weighted by Gasteiger charge is -2.06. The van der Waals surface area contributed by atoms with Gasteiger partial charge in [0.2, 0.25) is 0 Å². The van der Waals surface area contributed by atoms with Crippen LogP contribution in [0.5, 0.6) is 0 Å². The lowest BCUT2D eigenvalue weighted by Crippen LogP contribution is -1.97. The van der Waals surface area contributed by atoms with E-state index in [1.165, 1.54) is 6.34 Å². The normalized spacial score (nSPS) is 13.1. The minimum Gasteiger partial charge on any atom is -0.390 e. The van der Waals surface area contributed by atoms with Crippen molar-refractivity contribution in [2.45, 2.75) is 6.17 Å². The SMILES string of the molecule is NC=NC(N=Cc1ccccc1)c1ccccc1. The summed E-state index contributed by atoms with van der Waals surface area (Å²) in [5.41, 5.74) is 7.44. The summed E-state index contributed by atoms with van der Waals surface area (Å²) in [7, 11) is 0. The third-order valence-electron chi connectivity index (χ3n) is 2.49. The van der Waals surface area contributed by atoms with Crippen molar-refractivity contribution in [3.8, 4) is 0 Å². The molecule has 0 bridgehead atoms. The molecule has 2 aromatic carbocycles. The van der Waals surface area contributed by atoms with Crippen LogP contribution in [0.25, 0.3) is 0 Å². The van der Waals surface area contributed by atoms with Crippen LogP contribution >= 0.6 is 0 Å². The van der Waals surface area contributed by atoms with E-state index in [0.29, 0.717) is 0 Å². The maximum atomic E-state index is 5.37. The topological polar surface area (TPSA) is 50.7 Å². The zero-order valence-corrected chi connectivity index (χ0v) is 9.98. The van der Waals surface area contributed by atoms with Crippen LogP contribution in [0, 0.1) is 0 Å². The molecule has 0 aliphatic rings. The number of rotatable bonds is 4. The molecule has 2 aromatic rings. The van der Waals surface area contributed by atoms with Gasteiger partial charge >= 0.3 is 0 Å². The van der Waals surface area contributed by atoms with Gasteiger partial charge in [-0.15, -0.1) is 0 Å². The van der Waals surface area contributed by atoms with E-state index < -0.39 is 0 Å². The molecule has 0 saturated heterocycles. The molecule has 0 saturated carbocycles. The highest BCUT2D eigenvalue weighted by Crippen LogP contribution is 2.17. The van der Waals surface area contributed by atoms with E-state index in [4.69, 9.17) is 5.73 Å². The molecule has 1 unspecified atom stereocenters. The predicted molar refractivity (Wildman–Crippen MR) is 75.9 cm³/mol. The summed E-state index contributed by atoms with van der Waals surface area (Å²) in [5, 5.41) is 0. The van der Waals surface area contributed by atoms with Gasteiger partial charge in [0.05, 0.1) is 6.34 Å². The third kappa shape index (κ3) is 3.28. The van der Waals surface area contributed by atoms with E-state index >= 15 is 0 Å². The molecule has 90 valence electrons. The fraction of sp³-hybridized carbons (Fsp3) is 0.0667. The van der Waals surface area contributed by atoms with Crippen LogP contribution in [-0.2, 0) is 0 Å². The van der Waals surface area contributed by atoms with E-state index in [9.17, 15) is 0 Å². The van der Waals surface area contributed by atoms with Gasteiger partial charge < -0.3 is 5.73 Å². The molecule has 1 atom stereocenters. The first-order valence-electron chi connectivity index (χ1n) is 5.76. The van der Waals surface area contributed by atoms with Crippen LogP contribution < -0.4 is 5.73 Å². The number of aliphatic imine (C=N–C) groups is 2. The van der Waals surface area contributed by atoms with E-state index in [1.807, 2.05) is 66.9 Å². The maximum absolute atomic E-state index is 5.37. The zero-order chi connectivity index (χ0) is 12.6. The van der Waals surface area contributed by atoms with Gasteiger partial charge in [-0.25, -0.2) is 4.99 Å². The first-order valence-corrected chi connectivity index (χ1v) is 5.76. The first-order chi connectivity index (χ1) is 8.90. The Labute approximate surface area is 107 Å². The second-order valence-electron chi connectivity index (χ2n) is 3.77. The molecule has 0 aliphatic carbocycles. The molecule has 3 heteroatoms. The number of benzene rings is 2. The third-order valence-corrected chi connectivity index (χ3v) is 2.49. The number of nitrogens with zero attached hydrogens (tertiary/aromatic N) is 2. The van der Waals surface area contributed by atoms with E-state index in [2.05, 4.69) is 9.98 Å². The Kier molecular flexibility index (Phi) is 4.25. The van der Waals surface area contributed by atoms with Crippen molar-refractivity contribution in [3.05, 3.63) is 71.8 Å². The smallest absolute Gasteiger partial charge is 0.166 e. The van der Waals surface area contributed by atoms with Crippen LogP contribution in [0.2, 0.25) is 0 Å². The van der Waals surface area contributed by atoms with Crippen molar-refractivity contribution in [1.29, 1.82) is 0 Å². The highest BCUT2D eigenvalue weighted by atomic mass is 15.0. The number of hydrogen-bond donors (Lipinski definition) is 1. The molecule has 18 heavy (non-hydrogen) atoms. The standard InChI is InChI=1S/C15H15N3/c16-12-18-15(14-9-5-2-6-10-14)17-11-13-7-3-1-4-8-13/h1-12,15H,(H2,16,18). The Morgan fingerprint density at radius 1 is 0.833 bits per heavy atom. The summed E-state index contributed by atoms with van der Waals surface area (Å²) in [6.45, 7) is 0. The fourth-order valence-electron chi connectivity index (χ4n) is 1.61. The van der Waals surface area contributed by atoms with Crippen LogP contribution in [0.15, 0.2) is 70.6 Å². The van der Waals surface area contributed by atoms with Gasteiger partial charge in [-0.2, -0.15) is 0 Å². The molecule has 0 spiro atoms. The molecule has 0 aliphatic heterocycles. The first kappa shape index (κ1) is 12.0. The van der Waals surface area contributed by atoms with Crippen molar-refractivity contribution in [3.63, 3.8) is 0 Å². The molecule has 2 rings (SSSR count). The largest absolute Gasteiger partial charge is 0.390 e. The Morgan fingerprint density at radius 2 is 1.44 bits per heavy atom. The average molecular weight is 237 g/mol. The predicted octanol–water partition coefficient (Wildman–Crippen LogP) is 2.79. The van der Waals surface area contributed by atoms with E-state index in [1.54, 1.807) is 0 Å². The van der Waals surface area contributed by atoms with Gasteiger partial charge in [-0.1, -0.05) is 60.7 Å². The minimum absolute atomic E-state index is 0.281. The van der Waals surface area contributed by atoms with Crippen molar-refractivity contribution in [1.82, 2.24) is 0 Å². The molecule has 2 N–H and O–H groups in total. The van der Waals surface area contributed by atoms with Crippen molar-refractivity contribution >= 4 is 12.6 Å². The van der Waals surface area contributed by atoms with E-state index in [-0.39, 0.29) is 6.17 Å². The highest BCUT2D eigenvalue weighted by molar-refractivity contribution is 5.79. The molecule has 3 nitrogen and oxygen atoms in total. The van der Waals surface area contributed by atoms with Crippen LogP contribution in [0.4, 0.5) is 0 Å². The van der Waals surface area contributed by atoms with Gasteiger partial charge in [0, 0.05) is 6.21 Å². The summed E-state index contributed by atoms with van der Waals surface area (Å²) in [4.78, 5) is 8.62. The molecule has 0 amide bonds. The fourth-order valence-corrected chi connectivity index (χ4v) is 1.61. The van der Waals surface area contributed by atoms with Crippen LogP contribution in [0.1, 0.15) is 17.3 Å². The molecular weight excluding hydrogens is 222 g/mol. The van der Waals surface area contributed by atoms with Crippen LogP contribution in [-0.4, -0.2) is 12.6 Å². The van der Waals surface area contributed by atoms with E-state index in [0.717, 1.165) is 11.1 Å². The number of nitrogens with two attached hydrogens (primary N) is 1. The Hall–Kier alpha value is -2.42. The second-order valence-corrected chi connectivity index (χ2v) is 3.77. The molecule has 0 aromatic heterocycles. The Bertz CT molecular complexity index is 518. The van der Waals surface area contributed by atoms with Gasteiger partial charge in [-0.3, -0.25) is 4.99 Å².